The van der Waals surface area contributed by atoms with Crippen molar-refractivity contribution in [3.05, 3.63) is 36.6 Å². The van der Waals surface area contributed by atoms with Gasteiger partial charge in [0.2, 0.25) is 0 Å². The van der Waals surface area contributed by atoms with Gasteiger partial charge in [0.15, 0.2) is 6.10 Å². The van der Waals surface area contributed by atoms with Crippen molar-refractivity contribution in [2.75, 3.05) is 47.5 Å². The van der Waals surface area contributed by atoms with Crippen LogP contribution in [-0.2, 0) is 32.7 Å². The fourth-order valence-corrected chi connectivity index (χ4v) is 7.75. The fourth-order valence-electron chi connectivity index (χ4n) is 7.00. The molecule has 58 heavy (non-hydrogen) atoms. The van der Waals surface area contributed by atoms with Crippen LogP contribution in [0.3, 0.4) is 0 Å². The number of quaternary nitrogens is 1. The number of aliphatic hydroxyl groups excluding tert-OH is 2. The lowest BCUT2D eigenvalue weighted by Gasteiger charge is -2.24. The molecule has 0 bridgehead atoms. The average Bonchev–Trinajstić information content (AvgIpc) is 3.43. The van der Waals surface area contributed by atoms with Gasteiger partial charge in [0, 0.05) is 18.8 Å². The number of phosphoric acid groups is 1. The van der Waals surface area contributed by atoms with Gasteiger partial charge in [0.05, 0.1) is 46.2 Å². The summed E-state index contributed by atoms with van der Waals surface area (Å²) in [5.74, 6) is -0.966. The molecule has 12 heteroatoms. The molecule has 0 saturated heterocycles. The highest BCUT2D eigenvalue weighted by Crippen LogP contribution is 2.43. The molecule has 0 aromatic heterocycles. The summed E-state index contributed by atoms with van der Waals surface area (Å²) in [6.45, 7) is 4.54. The predicted molar refractivity (Wildman–Crippen MR) is 234 cm³/mol. The Morgan fingerprint density at radius 3 is 2.05 bits per heavy atom. The number of nitrogens with zero attached hydrogens (tertiary/aromatic N) is 1. The molecule has 1 unspecified atom stereocenters. The summed E-state index contributed by atoms with van der Waals surface area (Å²) in [4.78, 5) is 35.6. The molecule has 0 aromatic carbocycles. The Hall–Kier alpha value is -1.85. The molecule has 1 rings (SSSR count). The molecular formula is C46H85NO10P+. The van der Waals surface area contributed by atoms with Gasteiger partial charge >= 0.3 is 13.8 Å². The lowest BCUT2D eigenvalue weighted by Crippen LogP contribution is -2.37. The number of ether oxygens (including phenoxy) is 2. The van der Waals surface area contributed by atoms with Crippen molar-refractivity contribution in [3.8, 4) is 0 Å². The Bertz CT molecular complexity index is 1190. The molecule has 0 aliphatic heterocycles. The van der Waals surface area contributed by atoms with Gasteiger partial charge in [-0.05, 0) is 69.8 Å². The Morgan fingerprint density at radius 2 is 1.40 bits per heavy atom. The summed E-state index contributed by atoms with van der Waals surface area (Å²) in [6.07, 6.45) is 33.1. The summed E-state index contributed by atoms with van der Waals surface area (Å²) in [5, 5.41) is 20.8. The number of hydrogen-bond donors (Lipinski definition) is 3. The summed E-state index contributed by atoms with van der Waals surface area (Å²) in [6, 6.07) is 0. The molecule has 1 aliphatic rings. The number of unbranched alkanes of at least 4 members (excludes halogenated alkanes) is 16. The SMILES string of the molecule is CCCCCCCC/C=C\CCCCCC/C=C/OC[C@H](COP(=O)(O)OCC[N+](C)(C)C)OC(=O)CCCCCC[C@H]1[C@@H](O)CC(=O)[C@@H]1/C=C/[C@@H](O)CCCCC. The Balaban J connectivity index is 2.45. The van der Waals surface area contributed by atoms with Crippen molar-refractivity contribution >= 4 is 19.6 Å². The third-order valence-corrected chi connectivity index (χ3v) is 11.6. The average molecular weight is 843 g/mol. The van der Waals surface area contributed by atoms with Crippen LogP contribution in [0, 0.1) is 11.8 Å². The normalized spacial score (nSPS) is 19.7. The van der Waals surface area contributed by atoms with Crippen molar-refractivity contribution in [2.45, 2.75) is 186 Å². The number of Topliss-reactive ketones (excluding diaryl/α,β-unsaturated/α-hetero) is 1. The highest BCUT2D eigenvalue weighted by molar-refractivity contribution is 7.47. The van der Waals surface area contributed by atoms with Crippen molar-refractivity contribution < 1.29 is 52.3 Å². The maximum absolute atomic E-state index is 12.8. The fraction of sp³-hybridized carbons (Fsp3) is 0.826. The summed E-state index contributed by atoms with van der Waals surface area (Å²) >= 11 is 0. The quantitative estimate of drug-likeness (QED) is 0.0137. The van der Waals surface area contributed by atoms with Gasteiger partial charge < -0.3 is 29.1 Å². The second kappa shape index (κ2) is 33.8. The molecule has 0 spiro atoms. The van der Waals surface area contributed by atoms with Gasteiger partial charge in [0.25, 0.3) is 0 Å². The largest absolute Gasteiger partial charge is 0.498 e. The monoisotopic (exact) mass is 843 g/mol. The van der Waals surface area contributed by atoms with E-state index in [4.69, 9.17) is 18.5 Å². The molecule has 338 valence electrons. The van der Waals surface area contributed by atoms with E-state index in [2.05, 4.69) is 26.0 Å². The van der Waals surface area contributed by atoms with Gasteiger partial charge in [-0.3, -0.25) is 18.6 Å². The van der Waals surface area contributed by atoms with E-state index >= 15 is 0 Å². The second-order valence-electron chi connectivity index (χ2n) is 17.3. The minimum absolute atomic E-state index is 0.0200. The van der Waals surface area contributed by atoms with E-state index in [9.17, 15) is 29.3 Å². The van der Waals surface area contributed by atoms with E-state index in [1.165, 1.54) is 57.8 Å². The van der Waals surface area contributed by atoms with Gasteiger partial charge in [-0.25, -0.2) is 4.57 Å². The third-order valence-electron chi connectivity index (χ3n) is 10.6. The minimum atomic E-state index is -4.36. The number of aliphatic hydroxyl groups is 2. The maximum atomic E-state index is 12.8. The van der Waals surface area contributed by atoms with E-state index < -0.39 is 32.1 Å². The zero-order valence-corrected chi connectivity index (χ0v) is 38.1. The van der Waals surface area contributed by atoms with Crippen molar-refractivity contribution in [2.24, 2.45) is 11.8 Å². The number of likely N-dealkylation sites (N-methyl/N-ethyl adjacent to an activating group) is 1. The van der Waals surface area contributed by atoms with Crippen LogP contribution in [0.1, 0.15) is 168 Å². The number of carbonyl (C=O) groups is 2. The predicted octanol–water partition coefficient (Wildman–Crippen LogP) is 10.3. The zero-order chi connectivity index (χ0) is 42.9. The first kappa shape index (κ1) is 54.2. The molecule has 11 nitrogen and oxygen atoms in total. The van der Waals surface area contributed by atoms with E-state index in [1.807, 2.05) is 27.2 Å². The molecule has 0 amide bonds. The summed E-state index contributed by atoms with van der Waals surface area (Å²) < 4.78 is 34.7. The van der Waals surface area contributed by atoms with Crippen LogP contribution in [0.2, 0.25) is 0 Å². The van der Waals surface area contributed by atoms with Crippen LogP contribution in [-0.4, -0.2) is 97.2 Å². The topological polar surface area (TPSA) is 149 Å². The van der Waals surface area contributed by atoms with Crippen molar-refractivity contribution in [1.29, 1.82) is 0 Å². The minimum Gasteiger partial charge on any atom is -0.498 e. The molecule has 1 fully saturated rings. The van der Waals surface area contributed by atoms with Crippen LogP contribution in [0.4, 0.5) is 0 Å². The zero-order valence-electron chi connectivity index (χ0n) is 37.2. The first-order chi connectivity index (χ1) is 27.8. The molecule has 1 aliphatic carbocycles. The van der Waals surface area contributed by atoms with Gasteiger partial charge in [0.1, 0.15) is 25.5 Å². The summed E-state index contributed by atoms with van der Waals surface area (Å²) in [7, 11) is 1.48. The molecule has 0 aromatic rings. The van der Waals surface area contributed by atoms with Crippen LogP contribution >= 0.6 is 7.82 Å². The van der Waals surface area contributed by atoms with E-state index in [0.717, 1.165) is 64.2 Å². The smallest absolute Gasteiger partial charge is 0.472 e. The highest BCUT2D eigenvalue weighted by Gasteiger charge is 2.39. The van der Waals surface area contributed by atoms with Crippen LogP contribution in [0.25, 0.3) is 0 Å². The Morgan fingerprint density at radius 1 is 0.810 bits per heavy atom. The number of carbonyl (C=O) groups excluding carboxylic acids is 2. The molecule has 0 heterocycles. The lowest BCUT2D eigenvalue weighted by atomic mass is 9.88. The maximum Gasteiger partial charge on any atom is 0.472 e. The first-order valence-electron chi connectivity index (χ1n) is 22.9. The number of allylic oxidation sites excluding steroid dienone is 4. The number of ketones is 1. The number of hydrogen-bond acceptors (Lipinski definition) is 9. The summed E-state index contributed by atoms with van der Waals surface area (Å²) in [5.41, 5.74) is 0. The lowest BCUT2D eigenvalue weighted by molar-refractivity contribution is -0.870. The van der Waals surface area contributed by atoms with E-state index in [1.54, 1.807) is 18.4 Å². The van der Waals surface area contributed by atoms with Crippen molar-refractivity contribution in [1.82, 2.24) is 0 Å². The van der Waals surface area contributed by atoms with Gasteiger partial charge in [-0.15, -0.1) is 0 Å². The second-order valence-corrected chi connectivity index (χ2v) is 18.7. The Kier molecular flexibility index (Phi) is 31.6. The molecule has 1 saturated carbocycles. The van der Waals surface area contributed by atoms with Crippen LogP contribution in [0.15, 0.2) is 36.6 Å². The van der Waals surface area contributed by atoms with Gasteiger partial charge in [-0.1, -0.05) is 122 Å². The van der Waals surface area contributed by atoms with Crippen LogP contribution in [0.5, 0.6) is 0 Å². The van der Waals surface area contributed by atoms with E-state index in [0.29, 0.717) is 30.3 Å². The van der Waals surface area contributed by atoms with Crippen molar-refractivity contribution in [3.63, 3.8) is 0 Å². The molecule has 0 radical (unpaired) electrons. The molecule has 3 N–H and O–H groups in total. The highest BCUT2D eigenvalue weighted by atomic mass is 31.2. The number of rotatable bonds is 38. The Labute approximate surface area is 353 Å². The number of phosphoric ester groups is 1. The molecule has 6 atom stereocenters. The number of esters is 1. The third kappa shape index (κ3) is 30.2. The first-order valence-corrected chi connectivity index (χ1v) is 24.4. The van der Waals surface area contributed by atoms with E-state index in [-0.39, 0.29) is 50.3 Å². The van der Waals surface area contributed by atoms with Crippen LogP contribution < -0.4 is 0 Å². The molecular weight excluding hydrogens is 757 g/mol. The standard InChI is InChI=1S/C46H84NO10P/c1-6-8-10-11-12-13-14-15-16-17-18-19-20-21-24-28-35-54-38-41(39-56-58(52,53)55-36-34-47(3,4)5)57-46(51)31-27-23-22-26-30-42-43(45(50)37-44(42)49)33-32-40(48)29-25-9-7-2/h15-16,28,32-33,35,40-44,48-49H,6-14,17-27,29-31,34,36-39H2,1-5H3/p+1/b16-15-,33-32+,35-28+/t40-,41+,42+,43+,44-/m0/s1. The van der Waals surface area contributed by atoms with Gasteiger partial charge in [-0.2, -0.15) is 0 Å².